The van der Waals surface area contributed by atoms with Crippen molar-refractivity contribution in [1.82, 2.24) is 9.62 Å². The molecule has 0 aromatic heterocycles. The first-order valence-electron chi connectivity index (χ1n) is 7.33. The Hall–Kier alpha value is 0.160. The Kier molecular flexibility index (Phi) is 7.08. The second-order valence-corrected chi connectivity index (χ2v) is 7.70. The zero-order chi connectivity index (χ0) is 13.0. The van der Waals surface area contributed by atoms with Crippen LogP contribution in [0.5, 0.6) is 0 Å². The van der Waals surface area contributed by atoms with Crippen LogP contribution in [0.25, 0.3) is 0 Å². The highest BCUT2D eigenvalue weighted by molar-refractivity contribution is 7.89. The van der Waals surface area contributed by atoms with Gasteiger partial charge in [0.25, 0.3) is 0 Å². The Morgan fingerprint density at radius 3 is 2.47 bits per heavy atom. The molecule has 1 aliphatic carbocycles. The molecule has 2 rings (SSSR count). The maximum atomic E-state index is 12.5. The van der Waals surface area contributed by atoms with Crippen LogP contribution in [0.2, 0.25) is 0 Å². The summed E-state index contributed by atoms with van der Waals surface area (Å²) >= 11 is 0. The monoisotopic (exact) mass is 310 g/mol. The average molecular weight is 311 g/mol. The van der Waals surface area contributed by atoms with E-state index in [9.17, 15) is 8.42 Å². The SMILES string of the molecule is CCCN(C1CCNC1)S(=O)(=O)CCC1CCC1.Cl. The summed E-state index contributed by atoms with van der Waals surface area (Å²) in [6, 6.07) is 0.191. The number of halogens is 1. The van der Waals surface area contributed by atoms with Crippen LogP contribution in [0, 0.1) is 5.92 Å². The van der Waals surface area contributed by atoms with Gasteiger partial charge in [0.05, 0.1) is 5.75 Å². The van der Waals surface area contributed by atoms with E-state index in [0.29, 0.717) is 18.2 Å². The van der Waals surface area contributed by atoms with Gasteiger partial charge in [0.2, 0.25) is 10.0 Å². The van der Waals surface area contributed by atoms with Crippen LogP contribution >= 0.6 is 12.4 Å². The van der Waals surface area contributed by atoms with Gasteiger partial charge in [-0.2, -0.15) is 4.31 Å². The molecule has 114 valence electrons. The van der Waals surface area contributed by atoms with Crippen molar-refractivity contribution in [2.75, 3.05) is 25.4 Å². The lowest BCUT2D eigenvalue weighted by molar-refractivity contribution is 0.299. The molecule has 1 saturated heterocycles. The second-order valence-electron chi connectivity index (χ2n) is 5.66. The van der Waals surface area contributed by atoms with E-state index in [1.54, 1.807) is 4.31 Å². The Morgan fingerprint density at radius 1 is 1.26 bits per heavy atom. The van der Waals surface area contributed by atoms with Crippen molar-refractivity contribution in [2.24, 2.45) is 5.92 Å². The van der Waals surface area contributed by atoms with Gasteiger partial charge in [-0.1, -0.05) is 26.2 Å². The molecular formula is C13H27ClN2O2S. The summed E-state index contributed by atoms with van der Waals surface area (Å²) < 4.78 is 26.7. The third-order valence-corrected chi connectivity index (χ3v) is 6.20. The van der Waals surface area contributed by atoms with Crippen molar-refractivity contribution in [3.05, 3.63) is 0 Å². The lowest BCUT2D eigenvalue weighted by atomic mass is 9.84. The van der Waals surface area contributed by atoms with Crippen LogP contribution in [0.4, 0.5) is 0 Å². The summed E-state index contributed by atoms with van der Waals surface area (Å²) in [7, 11) is -3.05. The third kappa shape index (κ3) is 4.59. The molecule has 1 heterocycles. The summed E-state index contributed by atoms with van der Waals surface area (Å²) in [5, 5.41) is 3.26. The van der Waals surface area contributed by atoms with Crippen molar-refractivity contribution in [3.63, 3.8) is 0 Å². The lowest BCUT2D eigenvalue weighted by Gasteiger charge is -2.30. The molecule has 6 heteroatoms. The molecule has 0 aromatic carbocycles. The Bertz CT molecular complexity index is 352. The molecule has 19 heavy (non-hydrogen) atoms. The van der Waals surface area contributed by atoms with Gasteiger partial charge in [0, 0.05) is 19.1 Å². The fraction of sp³-hybridized carbons (Fsp3) is 1.00. The highest BCUT2D eigenvalue weighted by Crippen LogP contribution is 2.30. The van der Waals surface area contributed by atoms with E-state index in [4.69, 9.17) is 0 Å². The predicted molar refractivity (Wildman–Crippen MR) is 81.3 cm³/mol. The van der Waals surface area contributed by atoms with Crippen molar-refractivity contribution >= 4 is 22.4 Å². The van der Waals surface area contributed by atoms with E-state index in [1.807, 2.05) is 0 Å². The molecule has 1 saturated carbocycles. The van der Waals surface area contributed by atoms with E-state index in [2.05, 4.69) is 12.2 Å². The van der Waals surface area contributed by atoms with Gasteiger partial charge >= 0.3 is 0 Å². The Balaban J connectivity index is 0.00000180. The molecule has 1 aliphatic heterocycles. The highest BCUT2D eigenvalue weighted by atomic mass is 35.5. The van der Waals surface area contributed by atoms with Gasteiger partial charge in [0.15, 0.2) is 0 Å². The molecule has 2 aliphatic rings. The first kappa shape index (κ1) is 17.2. The summed E-state index contributed by atoms with van der Waals surface area (Å²) in [5.41, 5.74) is 0. The van der Waals surface area contributed by atoms with Crippen LogP contribution in [0.3, 0.4) is 0 Å². The number of hydrogen-bond donors (Lipinski definition) is 1. The molecule has 1 N–H and O–H groups in total. The topological polar surface area (TPSA) is 49.4 Å². The Labute approximate surface area is 123 Å². The zero-order valence-electron chi connectivity index (χ0n) is 11.8. The quantitative estimate of drug-likeness (QED) is 0.782. The fourth-order valence-electron chi connectivity index (χ4n) is 2.87. The zero-order valence-corrected chi connectivity index (χ0v) is 13.4. The normalized spacial score (nSPS) is 24.2. The second kappa shape index (κ2) is 7.81. The molecule has 1 atom stereocenters. The minimum absolute atomic E-state index is 0. The first-order chi connectivity index (χ1) is 8.63. The molecule has 2 fully saturated rings. The number of sulfonamides is 1. The Morgan fingerprint density at radius 2 is 2.00 bits per heavy atom. The fourth-order valence-corrected chi connectivity index (χ4v) is 4.83. The third-order valence-electron chi connectivity index (χ3n) is 4.25. The van der Waals surface area contributed by atoms with E-state index < -0.39 is 10.0 Å². The molecule has 0 aromatic rings. The number of nitrogens with one attached hydrogen (secondary N) is 1. The van der Waals surface area contributed by atoms with Crippen molar-refractivity contribution in [3.8, 4) is 0 Å². The van der Waals surface area contributed by atoms with Crippen molar-refractivity contribution in [1.29, 1.82) is 0 Å². The predicted octanol–water partition coefficient (Wildman–Crippen LogP) is 2.00. The van der Waals surface area contributed by atoms with Gasteiger partial charge in [-0.15, -0.1) is 12.4 Å². The molecule has 1 unspecified atom stereocenters. The van der Waals surface area contributed by atoms with Crippen LogP contribution in [-0.2, 0) is 10.0 Å². The van der Waals surface area contributed by atoms with E-state index in [0.717, 1.165) is 32.4 Å². The lowest BCUT2D eigenvalue weighted by Crippen LogP contribution is -2.43. The molecular weight excluding hydrogens is 284 g/mol. The van der Waals surface area contributed by atoms with Gasteiger partial charge in [0.1, 0.15) is 0 Å². The molecule has 0 amide bonds. The summed E-state index contributed by atoms with van der Waals surface area (Å²) in [6.07, 6.45) is 6.48. The van der Waals surface area contributed by atoms with E-state index in [-0.39, 0.29) is 18.4 Å². The largest absolute Gasteiger partial charge is 0.315 e. The summed E-state index contributed by atoms with van der Waals surface area (Å²) in [6.45, 7) is 4.50. The maximum Gasteiger partial charge on any atom is 0.214 e. The summed E-state index contributed by atoms with van der Waals surface area (Å²) in [5.74, 6) is 1.03. The van der Waals surface area contributed by atoms with Gasteiger partial charge in [-0.25, -0.2) is 8.42 Å². The molecule has 0 radical (unpaired) electrons. The summed E-state index contributed by atoms with van der Waals surface area (Å²) in [4.78, 5) is 0. The molecule has 0 spiro atoms. The minimum atomic E-state index is -3.05. The van der Waals surface area contributed by atoms with Crippen LogP contribution in [-0.4, -0.2) is 44.2 Å². The van der Waals surface area contributed by atoms with Crippen molar-refractivity contribution in [2.45, 2.75) is 51.5 Å². The number of nitrogens with zero attached hydrogens (tertiary/aromatic N) is 1. The minimum Gasteiger partial charge on any atom is -0.315 e. The van der Waals surface area contributed by atoms with Crippen LogP contribution in [0.1, 0.15) is 45.4 Å². The average Bonchev–Trinajstić information content (AvgIpc) is 2.76. The van der Waals surface area contributed by atoms with Crippen molar-refractivity contribution < 1.29 is 8.42 Å². The van der Waals surface area contributed by atoms with Gasteiger partial charge in [-0.3, -0.25) is 0 Å². The number of hydrogen-bond acceptors (Lipinski definition) is 3. The highest BCUT2D eigenvalue weighted by Gasteiger charge is 2.32. The molecule has 4 nitrogen and oxygen atoms in total. The standard InChI is InChI=1S/C13H26N2O2S.ClH/c1-2-9-15(13-6-8-14-11-13)18(16,17)10-7-12-4-3-5-12;/h12-14H,2-11H2,1H3;1H. The maximum absolute atomic E-state index is 12.5. The van der Waals surface area contributed by atoms with Gasteiger partial charge < -0.3 is 5.32 Å². The smallest absolute Gasteiger partial charge is 0.214 e. The molecule has 0 bridgehead atoms. The van der Waals surface area contributed by atoms with E-state index in [1.165, 1.54) is 19.3 Å². The van der Waals surface area contributed by atoms with E-state index >= 15 is 0 Å². The first-order valence-corrected chi connectivity index (χ1v) is 8.94. The van der Waals surface area contributed by atoms with Crippen LogP contribution in [0.15, 0.2) is 0 Å². The van der Waals surface area contributed by atoms with Crippen LogP contribution < -0.4 is 5.32 Å². The number of rotatable bonds is 7. The van der Waals surface area contributed by atoms with Gasteiger partial charge in [-0.05, 0) is 31.7 Å².